The lowest BCUT2D eigenvalue weighted by atomic mass is 10.1. The van der Waals surface area contributed by atoms with Gasteiger partial charge in [0.05, 0.1) is 13.2 Å². The van der Waals surface area contributed by atoms with Crippen LogP contribution in [0.5, 0.6) is 0 Å². The zero-order valence-electron chi connectivity index (χ0n) is 8.55. The third-order valence-corrected chi connectivity index (χ3v) is 4.65. The van der Waals surface area contributed by atoms with Crippen molar-refractivity contribution in [2.24, 2.45) is 0 Å². The van der Waals surface area contributed by atoms with Crippen LogP contribution in [0.1, 0.15) is 11.1 Å². The predicted octanol–water partition coefficient (Wildman–Crippen LogP) is 1.95. The molecule has 1 aliphatic rings. The molecule has 1 aromatic rings. The van der Waals surface area contributed by atoms with Crippen LogP contribution >= 0.6 is 15.6 Å². The zero-order chi connectivity index (χ0) is 12.5. The molecule has 0 bridgehead atoms. The molecule has 7 nitrogen and oxygen atoms in total. The molecule has 94 valence electrons. The van der Waals surface area contributed by atoms with Crippen LogP contribution in [-0.2, 0) is 35.7 Å². The molecular formula is C8H10O7P2. The third-order valence-electron chi connectivity index (χ3n) is 2.09. The Morgan fingerprint density at radius 3 is 1.76 bits per heavy atom. The van der Waals surface area contributed by atoms with E-state index in [1.165, 1.54) is 0 Å². The number of phosphoric ester groups is 2. The number of benzene rings is 1. The fraction of sp³-hybridized carbons (Fsp3) is 0.250. The SMILES string of the molecule is O=P1(O)OCc2ccccc2COP(=O)(O)O1. The van der Waals surface area contributed by atoms with Crippen LogP contribution in [0.15, 0.2) is 24.3 Å². The van der Waals surface area contributed by atoms with E-state index in [1.807, 2.05) is 0 Å². The zero-order valence-corrected chi connectivity index (χ0v) is 10.3. The summed E-state index contributed by atoms with van der Waals surface area (Å²) in [5.41, 5.74) is 1.18. The predicted molar refractivity (Wildman–Crippen MR) is 56.8 cm³/mol. The van der Waals surface area contributed by atoms with Crippen LogP contribution in [0, 0.1) is 0 Å². The van der Waals surface area contributed by atoms with Gasteiger partial charge < -0.3 is 9.79 Å². The Hall–Kier alpha value is -0.520. The second-order valence-corrected chi connectivity index (χ2v) is 6.38. The van der Waals surface area contributed by atoms with E-state index in [0.717, 1.165) is 0 Å². The van der Waals surface area contributed by atoms with Crippen LogP contribution in [-0.4, -0.2) is 9.79 Å². The minimum atomic E-state index is -4.60. The summed E-state index contributed by atoms with van der Waals surface area (Å²) in [7, 11) is -9.20. The molecule has 1 heterocycles. The Labute approximate surface area is 97.2 Å². The van der Waals surface area contributed by atoms with Crippen molar-refractivity contribution in [1.29, 1.82) is 0 Å². The molecule has 2 rings (SSSR count). The second kappa shape index (κ2) is 4.63. The van der Waals surface area contributed by atoms with E-state index in [1.54, 1.807) is 24.3 Å². The van der Waals surface area contributed by atoms with E-state index in [0.29, 0.717) is 11.1 Å². The third kappa shape index (κ3) is 3.47. The molecule has 9 heteroatoms. The van der Waals surface area contributed by atoms with Gasteiger partial charge in [-0.25, -0.2) is 9.13 Å². The van der Waals surface area contributed by atoms with Gasteiger partial charge in [0.25, 0.3) is 0 Å². The van der Waals surface area contributed by atoms with Crippen molar-refractivity contribution < 1.29 is 32.3 Å². The van der Waals surface area contributed by atoms with Crippen LogP contribution in [0.3, 0.4) is 0 Å². The normalized spacial score (nSPS) is 34.2. The number of hydrogen-bond acceptors (Lipinski definition) is 5. The summed E-state index contributed by atoms with van der Waals surface area (Å²) < 4.78 is 35.8. The van der Waals surface area contributed by atoms with E-state index in [2.05, 4.69) is 13.4 Å². The smallest absolute Gasteiger partial charge is 0.302 e. The van der Waals surface area contributed by atoms with Crippen molar-refractivity contribution in [2.45, 2.75) is 13.2 Å². The Bertz CT molecular complexity index is 469. The highest BCUT2D eigenvalue weighted by molar-refractivity contribution is 7.61. The first-order valence-corrected chi connectivity index (χ1v) is 7.60. The quantitative estimate of drug-likeness (QED) is 0.700. The molecule has 2 unspecified atom stereocenters. The molecule has 0 saturated heterocycles. The largest absolute Gasteiger partial charge is 0.481 e. The van der Waals surface area contributed by atoms with E-state index >= 15 is 0 Å². The molecule has 17 heavy (non-hydrogen) atoms. The first-order valence-electron chi connectivity index (χ1n) is 4.61. The molecule has 1 aliphatic heterocycles. The molecular weight excluding hydrogens is 270 g/mol. The second-order valence-electron chi connectivity index (χ2n) is 3.33. The van der Waals surface area contributed by atoms with Crippen molar-refractivity contribution in [3.8, 4) is 0 Å². The van der Waals surface area contributed by atoms with Gasteiger partial charge in [-0.1, -0.05) is 24.3 Å². The summed E-state index contributed by atoms with van der Waals surface area (Å²) in [4.78, 5) is 18.3. The number of rotatable bonds is 0. The first kappa shape index (κ1) is 12.9. The van der Waals surface area contributed by atoms with Gasteiger partial charge in [-0.3, -0.25) is 9.05 Å². The molecule has 0 saturated carbocycles. The molecule has 0 radical (unpaired) electrons. The molecule has 0 aromatic heterocycles. The molecule has 0 aliphatic carbocycles. The number of phosphoric acid groups is 2. The van der Waals surface area contributed by atoms with E-state index in [9.17, 15) is 9.13 Å². The van der Waals surface area contributed by atoms with Gasteiger partial charge in [-0.05, 0) is 11.1 Å². The maximum atomic E-state index is 11.3. The summed E-state index contributed by atoms with van der Waals surface area (Å²) in [6.07, 6.45) is 0. The maximum Gasteiger partial charge on any atom is 0.481 e. The lowest BCUT2D eigenvalue weighted by Crippen LogP contribution is -1.95. The summed E-state index contributed by atoms with van der Waals surface area (Å²) in [6, 6.07) is 6.74. The van der Waals surface area contributed by atoms with Gasteiger partial charge in [-0.15, -0.1) is 0 Å². The van der Waals surface area contributed by atoms with Crippen molar-refractivity contribution in [1.82, 2.24) is 0 Å². The van der Waals surface area contributed by atoms with Crippen molar-refractivity contribution in [3.05, 3.63) is 35.4 Å². The highest BCUT2D eigenvalue weighted by Crippen LogP contribution is 2.61. The average molecular weight is 280 g/mol. The lowest BCUT2D eigenvalue weighted by molar-refractivity contribution is 0.155. The minimum Gasteiger partial charge on any atom is -0.302 e. The Balaban J connectivity index is 2.35. The van der Waals surface area contributed by atoms with Crippen molar-refractivity contribution >= 4 is 15.6 Å². The minimum absolute atomic E-state index is 0.201. The van der Waals surface area contributed by atoms with E-state index < -0.39 is 15.6 Å². The highest BCUT2D eigenvalue weighted by atomic mass is 31.3. The molecule has 2 atom stereocenters. The Morgan fingerprint density at radius 1 is 0.941 bits per heavy atom. The number of hydrogen-bond donors (Lipinski definition) is 2. The number of fused-ring (bicyclic) bond motifs is 1. The standard InChI is InChI=1S/C8H10O7P2/c9-16(10)13-5-7-3-1-2-4-8(7)6-14-17(11,12)15-16/h1-4H,5-6H2,(H,9,10)(H,11,12). The summed E-state index contributed by atoms with van der Waals surface area (Å²) in [5.74, 6) is 0. The van der Waals surface area contributed by atoms with Crippen LogP contribution in [0.25, 0.3) is 0 Å². The van der Waals surface area contributed by atoms with Crippen molar-refractivity contribution in [2.75, 3.05) is 0 Å². The summed E-state index contributed by atoms with van der Waals surface area (Å²) in [5, 5.41) is 0. The molecule has 0 spiro atoms. The van der Waals surface area contributed by atoms with Crippen LogP contribution in [0.4, 0.5) is 0 Å². The molecule has 1 aromatic carbocycles. The van der Waals surface area contributed by atoms with E-state index in [-0.39, 0.29) is 13.2 Å². The van der Waals surface area contributed by atoms with Gasteiger partial charge in [0.1, 0.15) is 0 Å². The van der Waals surface area contributed by atoms with Crippen molar-refractivity contribution in [3.63, 3.8) is 0 Å². The van der Waals surface area contributed by atoms with E-state index in [4.69, 9.17) is 9.79 Å². The summed E-state index contributed by atoms with van der Waals surface area (Å²) >= 11 is 0. The maximum absolute atomic E-state index is 11.3. The first-order chi connectivity index (χ1) is 7.88. The van der Waals surface area contributed by atoms with Gasteiger partial charge >= 0.3 is 15.6 Å². The topological polar surface area (TPSA) is 102 Å². The van der Waals surface area contributed by atoms with Gasteiger partial charge in [0.15, 0.2) is 0 Å². The molecule has 0 amide bonds. The molecule has 2 N–H and O–H groups in total. The fourth-order valence-electron chi connectivity index (χ4n) is 1.32. The van der Waals surface area contributed by atoms with Gasteiger partial charge in [-0.2, -0.15) is 4.31 Å². The van der Waals surface area contributed by atoms with Crippen LogP contribution < -0.4 is 0 Å². The van der Waals surface area contributed by atoms with Gasteiger partial charge in [0.2, 0.25) is 0 Å². The lowest BCUT2D eigenvalue weighted by Gasteiger charge is -2.13. The van der Waals surface area contributed by atoms with Gasteiger partial charge in [0, 0.05) is 0 Å². The average Bonchev–Trinajstić information content (AvgIpc) is 2.27. The van der Waals surface area contributed by atoms with Crippen LogP contribution in [0.2, 0.25) is 0 Å². The highest BCUT2D eigenvalue weighted by Gasteiger charge is 2.36. The summed E-state index contributed by atoms with van der Waals surface area (Å²) in [6.45, 7) is -0.402. The monoisotopic (exact) mass is 280 g/mol. The fourth-order valence-corrected chi connectivity index (χ4v) is 3.34. The molecule has 0 fully saturated rings. The Kier molecular flexibility index (Phi) is 3.52. The Morgan fingerprint density at radius 2 is 1.35 bits per heavy atom.